The highest BCUT2D eigenvalue weighted by atomic mass is 16.5. The van der Waals surface area contributed by atoms with Crippen molar-refractivity contribution in [2.24, 2.45) is 0 Å². The zero-order chi connectivity index (χ0) is 24.5. The van der Waals surface area contributed by atoms with Gasteiger partial charge < -0.3 is 19.5 Å². The highest BCUT2D eigenvalue weighted by Gasteiger charge is 2.35. The van der Waals surface area contributed by atoms with Gasteiger partial charge in [0.25, 0.3) is 5.91 Å². The summed E-state index contributed by atoms with van der Waals surface area (Å²) in [5, 5.41) is 12.5. The number of benzene rings is 1. The number of fused-ring (bicyclic) bond motifs is 1. The maximum atomic E-state index is 13.8. The summed E-state index contributed by atoms with van der Waals surface area (Å²) in [4.78, 5) is 24.4. The molecular formula is C27H30N6O2. The zero-order valence-electron chi connectivity index (χ0n) is 20.4. The molecule has 0 spiro atoms. The number of hydrogen-bond acceptors (Lipinski definition) is 6. The second-order valence-corrected chi connectivity index (χ2v) is 9.20. The lowest BCUT2D eigenvalue weighted by Gasteiger charge is -2.35. The molecule has 8 nitrogen and oxygen atoms in total. The number of carbonyl (C=O) groups excluding carboxylic acids is 1. The predicted molar refractivity (Wildman–Crippen MR) is 133 cm³/mol. The molecule has 1 unspecified atom stereocenters. The van der Waals surface area contributed by atoms with Gasteiger partial charge in [0.15, 0.2) is 11.4 Å². The van der Waals surface area contributed by atoms with Crippen LogP contribution in [0, 0.1) is 11.3 Å². The van der Waals surface area contributed by atoms with Crippen LogP contribution in [-0.2, 0) is 13.0 Å². The molecule has 3 aromatic rings. The van der Waals surface area contributed by atoms with Crippen molar-refractivity contribution in [1.29, 1.82) is 5.26 Å². The summed E-state index contributed by atoms with van der Waals surface area (Å²) in [7, 11) is 1.86. The number of imidazole rings is 1. The van der Waals surface area contributed by atoms with Crippen LogP contribution in [0.1, 0.15) is 77.0 Å². The van der Waals surface area contributed by atoms with Crippen LogP contribution >= 0.6 is 0 Å². The maximum absolute atomic E-state index is 13.8. The Hall–Kier alpha value is -3.86. The van der Waals surface area contributed by atoms with Gasteiger partial charge in [0.05, 0.1) is 19.2 Å². The first-order valence-electron chi connectivity index (χ1n) is 12.2. The van der Waals surface area contributed by atoms with Gasteiger partial charge in [-0.25, -0.2) is 9.97 Å². The maximum Gasteiger partial charge on any atom is 0.254 e. The van der Waals surface area contributed by atoms with Crippen molar-refractivity contribution >= 4 is 11.9 Å². The Labute approximate surface area is 205 Å². The van der Waals surface area contributed by atoms with Crippen molar-refractivity contribution in [2.45, 2.75) is 51.6 Å². The largest absolute Gasteiger partial charge is 0.491 e. The molecule has 1 saturated carbocycles. The summed E-state index contributed by atoms with van der Waals surface area (Å²) in [5.74, 6) is 1.87. The predicted octanol–water partition coefficient (Wildman–Crippen LogP) is 4.28. The third kappa shape index (κ3) is 4.34. The molecule has 0 saturated heterocycles. The van der Waals surface area contributed by atoms with Crippen molar-refractivity contribution in [3.63, 3.8) is 0 Å². The smallest absolute Gasteiger partial charge is 0.254 e. The van der Waals surface area contributed by atoms with Crippen LogP contribution in [0.2, 0.25) is 0 Å². The number of amides is 1. The summed E-state index contributed by atoms with van der Waals surface area (Å²) in [6.07, 6.45) is 8.63. The van der Waals surface area contributed by atoms with E-state index in [4.69, 9.17) is 4.74 Å². The van der Waals surface area contributed by atoms with Gasteiger partial charge in [0.1, 0.15) is 6.07 Å². The van der Waals surface area contributed by atoms with E-state index in [-0.39, 0.29) is 17.6 Å². The number of anilines is 1. The van der Waals surface area contributed by atoms with E-state index in [1.54, 1.807) is 12.4 Å². The third-order valence-electron chi connectivity index (χ3n) is 6.98. The van der Waals surface area contributed by atoms with Crippen molar-refractivity contribution in [3.8, 4) is 11.8 Å². The molecule has 2 aromatic heterocycles. The molecule has 5 rings (SSSR count). The summed E-state index contributed by atoms with van der Waals surface area (Å²) in [6.45, 7) is 5.65. The molecule has 2 aliphatic rings. The molecule has 1 fully saturated rings. The average molecular weight is 471 g/mol. The van der Waals surface area contributed by atoms with E-state index >= 15 is 0 Å². The van der Waals surface area contributed by atoms with E-state index in [1.165, 1.54) is 24.0 Å². The van der Waals surface area contributed by atoms with Crippen LogP contribution in [-0.4, -0.2) is 45.5 Å². The van der Waals surface area contributed by atoms with Crippen molar-refractivity contribution in [3.05, 3.63) is 70.3 Å². The molecule has 1 aromatic carbocycles. The zero-order valence-corrected chi connectivity index (χ0v) is 20.4. The fourth-order valence-electron chi connectivity index (χ4n) is 5.01. The van der Waals surface area contributed by atoms with Crippen LogP contribution < -0.4 is 10.1 Å². The number of nitrogens with one attached hydrogen (secondary N) is 1. The van der Waals surface area contributed by atoms with Crippen LogP contribution in [0.4, 0.5) is 5.95 Å². The standard InChI is InChI=1S/C27H30N6O2/c1-4-35-25-13-20(15-31-24(25)14-28)17(2)33-9-7-21-22(19-5-6-19)11-18(12-23(21)26(33)34)16-32-10-8-30-27(32)29-3/h8,10-13,15,17,19H,4-7,9,16H2,1-3H3,(H,29,30). The van der Waals surface area contributed by atoms with Gasteiger partial charge in [-0.1, -0.05) is 6.07 Å². The third-order valence-corrected chi connectivity index (χ3v) is 6.98. The van der Waals surface area contributed by atoms with Crippen molar-refractivity contribution in [1.82, 2.24) is 19.4 Å². The Morgan fingerprint density at radius 3 is 2.83 bits per heavy atom. The molecular weight excluding hydrogens is 440 g/mol. The minimum Gasteiger partial charge on any atom is -0.491 e. The lowest BCUT2D eigenvalue weighted by atomic mass is 9.88. The molecule has 1 atom stereocenters. The van der Waals surface area contributed by atoms with Gasteiger partial charge in [-0.2, -0.15) is 5.26 Å². The quantitative estimate of drug-likeness (QED) is 0.528. The summed E-state index contributed by atoms with van der Waals surface area (Å²) in [5.41, 5.74) is 5.58. The number of rotatable bonds is 8. The lowest BCUT2D eigenvalue weighted by molar-refractivity contribution is 0.0671. The first-order chi connectivity index (χ1) is 17.0. The molecule has 0 radical (unpaired) electrons. The fraction of sp³-hybridized carbons (Fsp3) is 0.407. The second-order valence-electron chi connectivity index (χ2n) is 9.20. The number of ether oxygens (including phenoxy) is 1. The molecule has 1 N–H and O–H groups in total. The first kappa shape index (κ1) is 22.9. The minimum atomic E-state index is -0.187. The molecule has 1 amide bonds. The molecule has 3 heterocycles. The number of aromatic nitrogens is 3. The summed E-state index contributed by atoms with van der Waals surface area (Å²) < 4.78 is 7.68. The van der Waals surface area contributed by atoms with Gasteiger partial charge in [-0.3, -0.25) is 4.79 Å². The van der Waals surface area contributed by atoms with E-state index in [0.717, 1.165) is 29.1 Å². The van der Waals surface area contributed by atoms with Gasteiger partial charge in [0.2, 0.25) is 5.95 Å². The van der Waals surface area contributed by atoms with Gasteiger partial charge >= 0.3 is 0 Å². The van der Waals surface area contributed by atoms with Crippen LogP contribution in [0.25, 0.3) is 0 Å². The topological polar surface area (TPSA) is 96.1 Å². The molecule has 1 aliphatic heterocycles. The van der Waals surface area contributed by atoms with E-state index < -0.39 is 0 Å². The van der Waals surface area contributed by atoms with Gasteiger partial charge in [-0.15, -0.1) is 0 Å². The molecule has 0 bridgehead atoms. The Kier molecular flexibility index (Phi) is 6.16. The van der Waals surface area contributed by atoms with E-state index in [2.05, 4.69) is 38.1 Å². The second kappa shape index (κ2) is 9.41. The molecule has 8 heteroatoms. The van der Waals surface area contributed by atoms with Gasteiger partial charge in [-0.05, 0) is 73.4 Å². The monoisotopic (exact) mass is 470 g/mol. The number of nitrogens with zero attached hydrogens (tertiary/aromatic N) is 5. The Bertz CT molecular complexity index is 1300. The number of pyridine rings is 1. The first-order valence-corrected chi connectivity index (χ1v) is 12.2. The van der Waals surface area contributed by atoms with E-state index in [0.29, 0.717) is 31.4 Å². The summed E-state index contributed by atoms with van der Waals surface area (Å²) >= 11 is 0. The number of carbonyl (C=O) groups is 1. The average Bonchev–Trinajstić information content (AvgIpc) is 3.63. The van der Waals surface area contributed by atoms with E-state index in [9.17, 15) is 10.1 Å². The SMILES string of the molecule is CCOc1cc(C(C)N2CCc3c(cc(Cn4ccnc4NC)cc3C3CC3)C2=O)cnc1C#N. The highest BCUT2D eigenvalue weighted by molar-refractivity contribution is 5.97. The highest BCUT2D eigenvalue weighted by Crippen LogP contribution is 2.44. The summed E-state index contributed by atoms with van der Waals surface area (Å²) in [6, 6.07) is 8.08. The van der Waals surface area contributed by atoms with Crippen molar-refractivity contribution < 1.29 is 9.53 Å². The Morgan fingerprint density at radius 1 is 1.29 bits per heavy atom. The normalized spacial score (nSPS) is 15.9. The minimum absolute atomic E-state index is 0.0456. The number of nitriles is 1. The van der Waals surface area contributed by atoms with Crippen LogP contribution in [0.3, 0.4) is 0 Å². The Balaban J connectivity index is 1.47. The van der Waals surface area contributed by atoms with E-state index in [1.807, 2.05) is 38.1 Å². The lowest BCUT2D eigenvalue weighted by Crippen LogP contribution is -2.40. The molecule has 1 aliphatic carbocycles. The fourth-order valence-corrected chi connectivity index (χ4v) is 5.01. The Morgan fingerprint density at radius 2 is 2.11 bits per heavy atom. The van der Waals surface area contributed by atoms with Crippen LogP contribution in [0.5, 0.6) is 5.75 Å². The molecule has 180 valence electrons. The number of hydrogen-bond donors (Lipinski definition) is 1. The van der Waals surface area contributed by atoms with Crippen molar-refractivity contribution in [2.75, 3.05) is 25.5 Å². The molecule has 35 heavy (non-hydrogen) atoms. The van der Waals surface area contributed by atoms with Crippen LogP contribution in [0.15, 0.2) is 36.8 Å². The van der Waals surface area contributed by atoms with Gasteiger partial charge in [0, 0.05) is 37.7 Å².